The number of alkyl halides is 3. The Hall–Kier alpha value is -4.87. The first-order chi connectivity index (χ1) is 21.2. The minimum Gasteiger partial charge on any atom is -0.497 e. The van der Waals surface area contributed by atoms with Gasteiger partial charge in [-0.05, 0) is 72.0 Å². The Balaban J connectivity index is 1.63. The van der Waals surface area contributed by atoms with Crippen LogP contribution in [0.2, 0.25) is 0 Å². The molecule has 0 heterocycles. The molecule has 0 aliphatic carbocycles. The van der Waals surface area contributed by atoms with Crippen LogP contribution < -0.4 is 14.8 Å². The lowest BCUT2D eigenvalue weighted by Gasteiger charge is -2.21. The highest BCUT2D eigenvalue weighted by atomic mass is 19.4. The van der Waals surface area contributed by atoms with Crippen molar-refractivity contribution in [3.8, 4) is 11.5 Å². The van der Waals surface area contributed by atoms with Crippen molar-refractivity contribution in [3.63, 3.8) is 0 Å². The first-order valence-electron chi connectivity index (χ1n) is 14.2. The number of carbonyl (C=O) groups is 4. The van der Waals surface area contributed by atoms with Gasteiger partial charge in [0.15, 0.2) is 0 Å². The van der Waals surface area contributed by atoms with Gasteiger partial charge in [0, 0.05) is 24.2 Å². The van der Waals surface area contributed by atoms with E-state index in [2.05, 4.69) is 19.2 Å². The lowest BCUT2D eigenvalue weighted by atomic mass is 10.0. The van der Waals surface area contributed by atoms with Gasteiger partial charge in [0.2, 0.25) is 5.91 Å². The zero-order chi connectivity index (χ0) is 33.1. The van der Waals surface area contributed by atoms with Crippen LogP contribution in [0.5, 0.6) is 11.5 Å². The van der Waals surface area contributed by atoms with Crippen LogP contribution in [0.15, 0.2) is 66.7 Å². The molecular weight excluding hydrogens is 593 g/mol. The monoisotopic (exact) mass is 628 g/mol. The summed E-state index contributed by atoms with van der Waals surface area (Å²) in [6.07, 6.45) is -3.31. The summed E-state index contributed by atoms with van der Waals surface area (Å²) in [7, 11) is 1.24. The summed E-state index contributed by atoms with van der Waals surface area (Å²) in [5.74, 6) is -2.04. The number of aliphatic carboxylic acids is 1. The second-order valence-electron chi connectivity index (χ2n) is 10.8. The smallest absolute Gasteiger partial charge is 0.416 e. The van der Waals surface area contributed by atoms with Crippen LogP contribution in [0, 0.1) is 5.92 Å². The Bertz CT molecular complexity index is 1490. The number of hydrogen-bond donors (Lipinski definition) is 2. The molecule has 0 unspecified atom stereocenters. The number of carboxylic acids is 1. The number of nitrogens with zero attached hydrogens (tertiary/aromatic N) is 1. The first-order valence-corrected chi connectivity index (χ1v) is 14.2. The van der Waals surface area contributed by atoms with E-state index in [9.17, 15) is 37.5 Å². The Morgan fingerprint density at radius 2 is 1.58 bits per heavy atom. The highest BCUT2D eigenvalue weighted by Gasteiger charge is 2.34. The molecule has 3 rings (SSSR count). The Labute approximate surface area is 258 Å². The fraction of sp³-hybridized carbons (Fsp3) is 0.333. The molecular formula is C33H35F3N2O7. The predicted molar refractivity (Wildman–Crippen MR) is 160 cm³/mol. The van der Waals surface area contributed by atoms with Crippen LogP contribution in [0.25, 0.3) is 0 Å². The van der Waals surface area contributed by atoms with E-state index < -0.39 is 42.5 Å². The van der Waals surface area contributed by atoms with Gasteiger partial charge in [-0.25, -0.2) is 0 Å². The van der Waals surface area contributed by atoms with Gasteiger partial charge in [0.05, 0.1) is 19.1 Å². The third-order valence-electron chi connectivity index (χ3n) is 6.69. The van der Waals surface area contributed by atoms with E-state index in [1.54, 1.807) is 24.3 Å². The Morgan fingerprint density at radius 1 is 0.933 bits per heavy atom. The van der Waals surface area contributed by atoms with E-state index in [-0.39, 0.29) is 35.1 Å². The number of rotatable bonds is 14. The van der Waals surface area contributed by atoms with Crippen molar-refractivity contribution in [2.45, 2.75) is 52.3 Å². The Morgan fingerprint density at radius 3 is 2.16 bits per heavy atom. The molecule has 0 aliphatic heterocycles. The van der Waals surface area contributed by atoms with Crippen molar-refractivity contribution >= 4 is 29.4 Å². The summed E-state index contributed by atoms with van der Waals surface area (Å²) in [6.45, 7) is 3.51. The lowest BCUT2D eigenvalue weighted by molar-refractivity contribution is -0.139. The molecule has 0 aliphatic rings. The quantitative estimate of drug-likeness (QED) is 0.158. The molecule has 0 saturated heterocycles. The molecule has 0 bridgehead atoms. The fourth-order valence-corrected chi connectivity index (χ4v) is 4.44. The van der Waals surface area contributed by atoms with Crippen LogP contribution in [0.1, 0.15) is 60.2 Å². The number of carboxylic acid groups (broad SMARTS) is 1. The predicted octanol–water partition coefficient (Wildman–Crippen LogP) is 6.35. The number of esters is 1. The number of hydrogen-bond acceptors (Lipinski definition) is 6. The number of ether oxygens (including phenoxy) is 2. The number of halogens is 3. The topological polar surface area (TPSA) is 122 Å². The Kier molecular flexibility index (Phi) is 12.1. The molecule has 3 aromatic rings. The summed E-state index contributed by atoms with van der Waals surface area (Å²) < 4.78 is 50.7. The second-order valence-corrected chi connectivity index (χ2v) is 10.8. The van der Waals surface area contributed by atoms with Gasteiger partial charge in [0.1, 0.15) is 18.0 Å². The van der Waals surface area contributed by atoms with Crippen LogP contribution >= 0.6 is 0 Å². The minimum absolute atomic E-state index is 0.00843. The third-order valence-corrected chi connectivity index (χ3v) is 6.69. The van der Waals surface area contributed by atoms with E-state index >= 15 is 0 Å². The number of anilines is 1. The van der Waals surface area contributed by atoms with Gasteiger partial charge in [0.25, 0.3) is 5.91 Å². The fourth-order valence-electron chi connectivity index (χ4n) is 4.44. The van der Waals surface area contributed by atoms with Crippen LogP contribution in [-0.4, -0.2) is 47.4 Å². The summed E-state index contributed by atoms with van der Waals surface area (Å²) in [4.78, 5) is 50.4. The van der Waals surface area contributed by atoms with E-state index in [1.165, 1.54) is 43.5 Å². The zero-order valence-electron chi connectivity index (χ0n) is 25.1. The average molecular weight is 629 g/mol. The standard InChI is InChI=1S/C33H35F3N2O7/c1-21(2)5-4-6-31(42)45-26-14-7-22(8-15-26)19-38(20-30(40)41)32(43)23-9-12-25(13-10-23)37-29(39)17-24-11-16-27(44-3)18-28(24)33(34,35)36/h7-16,18,21H,4-6,17,19-20H2,1-3H3,(H,37,39)(H,40,41). The van der Waals surface area contributed by atoms with Crippen molar-refractivity contribution in [2.24, 2.45) is 5.92 Å². The maximum Gasteiger partial charge on any atom is 0.416 e. The van der Waals surface area contributed by atoms with Crippen molar-refractivity contribution < 1.29 is 46.9 Å². The number of nitrogens with one attached hydrogen (secondary N) is 1. The van der Waals surface area contributed by atoms with Crippen LogP contribution in [0.3, 0.4) is 0 Å². The van der Waals surface area contributed by atoms with Crippen molar-refractivity contribution in [1.29, 1.82) is 0 Å². The lowest BCUT2D eigenvalue weighted by Crippen LogP contribution is -2.35. The maximum absolute atomic E-state index is 13.5. The van der Waals surface area contributed by atoms with Crippen molar-refractivity contribution in [1.82, 2.24) is 4.90 Å². The highest BCUT2D eigenvalue weighted by molar-refractivity contribution is 5.97. The minimum atomic E-state index is -4.68. The van der Waals surface area contributed by atoms with Gasteiger partial charge in [-0.2, -0.15) is 13.2 Å². The molecule has 2 amide bonds. The molecule has 0 atom stereocenters. The maximum atomic E-state index is 13.5. The van der Waals surface area contributed by atoms with Gasteiger partial charge in [-0.1, -0.05) is 38.5 Å². The normalized spacial score (nSPS) is 11.2. The SMILES string of the molecule is COc1ccc(CC(=O)Nc2ccc(C(=O)N(CC(=O)O)Cc3ccc(OC(=O)CCCC(C)C)cc3)cc2)c(C(F)(F)F)c1. The molecule has 45 heavy (non-hydrogen) atoms. The van der Waals surface area contributed by atoms with Crippen molar-refractivity contribution in [3.05, 3.63) is 89.0 Å². The molecule has 9 nitrogen and oxygen atoms in total. The summed E-state index contributed by atoms with van der Waals surface area (Å²) in [6, 6.07) is 15.3. The largest absolute Gasteiger partial charge is 0.497 e. The summed E-state index contributed by atoms with van der Waals surface area (Å²) in [5.41, 5.74) is -0.243. The van der Waals surface area contributed by atoms with Crippen molar-refractivity contribution in [2.75, 3.05) is 19.0 Å². The summed E-state index contributed by atoms with van der Waals surface area (Å²) in [5, 5.41) is 11.9. The van der Waals surface area contributed by atoms with Crippen LogP contribution in [-0.2, 0) is 33.5 Å². The second kappa shape index (κ2) is 15.7. The van der Waals surface area contributed by atoms with E-state index in [1.807, 2.05) is 0 Å². The molecule has 0 saturated carbocycles. The third kappa shape index (κ3) is 11.0. The average Bonchev–Trinajstić information content (AvgIpc) is 2.97. The highest BCUT2D eigenvalue weighted by Crippen LogP contribution is 2.34. The number of amides is 2. The summed E-state index contributed by atoms with van der Waals surface area (Å²) >= 11 is 0. The number of methoxy groups -OCH3 is 1. The van der Waals surface area contributed by atoms with Gasteiger partial charge < -0.3 is 24.8 Å². The molecule has 12 heteroatoms. The molecule has 0 fully saturated rings. The van der Waals surface area contributed by atoms with Crippen LogP contribution in [0.4, 0.5) is 18.9 Å². The van der Waals surface area contributed by atoms with E-state index in [0.717, 1.165) is 23.8 Å². The van der Waals surface area contributed by atoms with E-state index in [0.29, 0.717) is 23.7 Å². The molecule has 2 N–H and O–H groups in total. The van der Waals surface area contributed by atoms with Gasteiger partial charge >= 0.3 is 18.1 Å². The van der Waals surface area contributed by atoms with E-state index in [4.69, 9.17) is 9.47 Å². The first kappa shape index (κ1) is 34.6. The molecule has 240 valence electrons. The number of carbonyl (C=O) groups excluding carboxylic acids is 3. The van der Waals surface area contributed by atoms with Gasteiger partial charge in [-0.3, -0.25) is 19.2 Å². The van der Waals surface area contributed by atoms with Gasteiger partial charge in [-0.15, -0.1) is 0 Å². The molecule has 0 aromatic heterocycles. The zero-order valence-corrected chi connectivity index (χ0v) is 25.1. The molecule has 0 spiro atoms. The molecule has 3 aromatic carbocycles. The molecule has 0 radical (unpaired) electrons. The number of benzene rings is 3.